The van der Waals surface area contributed by atoms with Gasteiger partial charge < -0.3 is 10.1 Å². The molecule has 1 unspecified atom stereocenters. The Labute approximate surface area is 92.4 Å². The van der Waals surface area contributed by atoms with Gasteiger partial charge in [0.1, 0.15) is 11.9 Å². The van der Waals surface area contributed by atoms with E-state index in [1.54, 1.807) is 7.05 Å². The van der Waals surface area contributed by atoms with E-state index in [0.29, 0.717) is 12.3 Å². The number of hydrogen-bond donors (Lipinski definition) is 1. The van der Waals surface area contributed by atoms with Crippen molar-refractivity contribution < 1.29 is 17.9 Å². The summed E-state index contributed by atoms with van der Waals surface area (Å²) in [5.74, 6) is 0.441. The number of alkyl halides is 3. The van der Waals surface area contributed by atoms with Crippen LogP contribution in [0.2, 0.25) is 0 Å². The molecule has 0 aliphatic heterocycles. The molecule has 1 aromatic carbocycles. The van der Waals surface area contributed by atoms with Gasteiger partial charge in [0.25, 0.3) is 0 Å². The van der Waals surface area contributed by atoms with Crippen LogP contribution in [-0.2, 0) is 6.18 Å². The molecule has 16 heavy (non-hydrogen) atoms. The lowest BCUT2D eigenvalue weighted by molar-refractivity contribution is -0.137. The minimum atomic E-state index is -4.30. The van der Waals surface area contributed by atoms with Gasteiger partial charge in [-0.2, -0.15) is 13.2 Å². The third-order valence-corrected chi connectivity index (χ3v) is 2.01. The number of hydrogen-bond acceptors (Lipinski definition) is 2. The molecule has 0 amide bonds. The van der Waals surface area contributed by atoms with Crippen LogP contribution in [0, 0.1) is 0 Å². The van der Waals surface area contributed by atoms with E-state index >= 15 is 0 Å². The number of rotatable bonds is 4. The normalized spacial score (nSPS) is 13.6. The predicted octanol–water partition coefficient (Wildman–Crippen LogP) is 2.69. The van der Waals surface area contributed by atoms with E-state index in [2.05, 4.69) is 5.32 Å². The van der Waals surface area contributed by atoms with Gasteiger partial charge in [0.15, 0.2) is 0 Å². The molecule has 1 aromatic rings. The van der Waals surface area contributed by atoms with Gasteiger partial charge in [0.05, 0.1) is 5.56 Å². The van der Waals surface area contributed by atoms with Crippen LogP contribution >= 0.6 is 0 Å². The fraction of sp³-hybridized carbons (Fsp3) is 0.455. The molecule has 5 heteroatoms. The predicted molar refractivity (Wildman–Crippen MR) is 55.5 cm³/mol. The molecule has 0 aliphatic carbocycles. The van der Waals surface area contributed by atoms with Gasteiger partial charge in [-0.25, -0.2) is 0 Å². The van der Waals surface area contributed by atoms with Crippen LogP contribution < -0.4 is 10.1 Å². The van der Waals surface area contributed by atoms with Crippen LogP contribution in [0.4, 0.5) is 13.2 Å². The van der Waals surface area contributed by atoms with Crippen molar-refractivity contribution in [3.05, 3.63) is 29.8 Å². The van der Waals surface area contributed by atoms with E-state index in [-0.39, 0.29) is 6.10 Å². The van der Waals surface area contributed by atoms with E-state index in [1.807, 2.05) is 6.92 Å². The number of ether oxygens (including phenoxy) is 1. The molecule has 0 saturated heterocycles. The molecule has 0 bridgehead atoms. The SMILES string of the molecule is CNCC(C)Oc1ccc(C(F)(F)F)cc1. The smallest absolute Gasteiger partial charge is 0.416 e. The minimum Gasteiger partial charge on any atom is -0.489 e. The average molecular weight is 233 g/mol. The van der Waals surface area contributed by atoms with Crippen molar-refractivity contribution in [3.8, 4) is 5.75 Å². The lowest BCUT2D eigenvalue weighted by atomic mass is 10.2. The monoisotopic (exact) mass is 233 g/mol. The van der Waals surface area contributed by atoms with E-state index in [0.717, 1.165) is 12.1 Å². The van der Waals surface area contributed by atoms with Crippen molar-refractivity contribution >= 4 is 0 Å². The summed E-state index contributed by atoms with van der Waals surface area (Å²) in [4.78, 5) is 0. The van der Waals surface area contributed by atoms with Gasteiger partial charge in [-0.3, -0.25) is 0 Å². The highest BCUT2D eigenvalue weighted by Gasteiger charge is 2.30. The number of nitrogens with one attached hydrogen (secondary N) is 1. The zero-order valence-corrected chi connectivity index (χ0v) is 9.14. The summed E-state index contributed by atoms with van der Waals surface area (Å²) in [5, 5.41) is 2.92. The highest BCUT2D eigenvalue weighted by atomic mass is 19.4. The molecule has 0 spiro atoms. The second-order valence-corrected chi connectivity index (χ2v) is 3.51. The van der Waals surface area contributed by atoms with Gasteiger partial charge in [0.2, 0.25) is 0 Å². The van der Waals surface area contributed by atoms with E-state index in [9.17, 15) is 13.2 Å². The summed E-state index contributed by atoms with van der Waals surface area (Å²) in [6.07, 6.45) is -4.38. The van der Waals surface area contributed by atoms with Crippen molar-refractivity contribution in [2.75, 3.05) is 13.6 Å². The first-order valence-corrected chi connectivity index (χ1v) is 4.92. The highest BCUT2D eigenvalue weighted by Crippen LogP contribution is 2.30. The molecule has 1 rings (SSSR count). The first-order valence-electron chi connectivity index (χ1n) is 4.92. The number of benzene rings is 1. The summed E-state index contributed by atoms with van der Waals surface area (Å²) in [6.45, 7) is 2.48. The van der Waals surface area contributed by atoms with E-state index in [1.165, 1.54) is 12.1 Å². The van der Waals surface area contributed by atoms with Crippen LogP contribution in [0.15, 0.2) is 24.3 Å². The van der Waals surface area contributed by atoms with Crippen molar-refractivity contribution in [1.82, 2.24) is 5.32 Å². The zero-order chi connectivity index (χ0) is 12.2. The standard InChI is InChI=1S/C11H14F3NO/c1-8(7-15-2)16-10-5-3-9(4-6-10)11(12,13)14/h3-6,8,15H,7H2,1-2H3. The number of likely N-dealkylation sites (N-methyl/N-ethyl adjacent to an activating group) is 1. The van der Waals surface area contributed by atoms with E-state index < -0.39 is 11.7 Å². The van der Waals surface area contributed by atoms with Crippen molar-refractivity contribution in [2.45, 2.75) is 19.2 Å². The summed E-state index contributed by atoms with van der Waals surface area (Å²) in [5.41, 5.74) is -0.666. The minimum absolute atomic E-state index is 0.0817. The van der Waals surface area contributed by atoms with E-state index in [4.69, 9.17) is 4.74 Å². The molecule has 0 saturated carbocycles. The van der Waals surface area contributed by atoms with Crippen LogP contribution in [0.3, 0.4) is 0 Å². The second-order valence-electron chi connectivity index (χ2n) is 3.51. The molecule has 0 aliphatic rings. The van der Waals surface area contributed by atoms with Crippen LogP contribution in [0.25, 0.3) is 0 Å². The van der Waals surface area contributed by atoms with Crippen LogP contribution in [0.1, 0.15) is 12.5 Å². The molecular formula is C11H14F3NO. The Morgan fingerprint density at radius 1 is 1.25 bits per heavy atom. The van der Waals surface area contributed by atoms with Crippen molar-refractivity contribution in [3.63, 3.8) is 0 Å². The van der Waals surface area contributed by atoms with Gasteiger partial charge in [-0.15, -0.1) is 0 Å². The van der Waals surface area contributed by atoms with Gasteiger partial charge >= 0.3 is 6.18 Å². The Hall–Kier alpha value is -1.23. The fourth-order valence-electron chi connectivity index (χ4n) is 1.28. The molecule has 0 heterocycles. The summed E-state index contributed by atoms with van der Waals surface area (Å²) in [6, 6.07) is 4.69. The molecule has 2 nitrogen and oxygen atoms in total. The van der Waals surface area contributed by atoms with Crippen LogP contribution in [-0.4, -0.2) is 19.7 Å². The van der Waals surface area contributed by atoms with Gasteiger partial charge in [-0.05, 0) is 38.2 Å². The Bertz CT molecular complexity index is 321. The summed E-state index contributed by atoms with van der Waals surface area (Å²) >= 11 is 0. The quantitative estimate of drug-likeness (QED) is 0.863. The second kappa shape index (κ2) is 5.21. The highest BCUT2D eigenvalue weighted by molar-refractivity contribution is 5.28. The first kappa shape index (κ1) is 12.8. The Kier molecular flexibility index (Phi) is 4.18. The molecule has 1 atom stereocenters. The first-order chi connectivity index (χ1) is 7.43. The topological polar surface area (TPSA) is 21.3 Å². The Morgan fingerprint density at radius 3 is 2.25 bits per heavy atom. The molecular weight excluding hydrogens is 219 g/mol. The summed E-state index contributed by atoms with van der Waals surface area (Å²) in [7, 11) is 1.78. The van der Waals surface area contributed by atoms with Gasteiger partial charge in [-0.1, -0.05) is 0 Å². The molecule has 0 aromatic heterocycles. The fourth-order valence-corrected chi connectivity index (χ4v) is 1.28. The molecule has 1 N–H and O–H groups in total. The lowest BCUT2D eigenvalue weighted by Gasteiger charge is -2.14. The maximum atomic E-state index is 12.3. The lowest BCUT2D eigenvalue weighted by Crippen LogP contribution is -2.26. The molecule has 90 valence electrons. The molecule has 0 fully saturated rings. The zero-order valence-electron chi connectivity index (χ0n) is 9.14. The Balaban J connectivity index is 2.65. The maximum Gasteiger partial charge on any atom is 0.416 e. The molecule has 0 radical (unpaired) electrons. The van der Waals surface area contributed by atoms with Crippen molar-refractivity contribution in [2.24, 2.45) is 0 Å². The van der Waals surface area contributed by atoms with Gasteiger partial charge in [0, 0.05) is 6.54 Å². The third kappa shape index (κ3) is 3.73. The number of halogens is 3. The Morgan fingerprint density at radius 2 is 1.81 bits per heavy atom. The average Bonchev–Trinajstić information content (AvgIpc) is 2.17. The summed E-state index contributed by atoms with van der Waals surface area (Å²) < 4.78 is 42.1. The van der Waals surface area contributed by atoms with Crippen molar-refractivity contribution in [1.29, 1.82) is 0 Å². The largest absolute Gasteiger partial charge is 0.489 e. The third-order valence-electron chi connectivity index (χ3n) is 2.01. The van der Waals surface area contributed by atoms with Crippen LogP contribution in [0.5, 0.6) is 5.75 Å². The maximum absolute atomic E-state index is 12.3.